The van der Waals surface area contributed by atoms with E-state index < -0.39 is 0 Å². The topological polar surface area (TPSA) is 52.6 Å². The van der Waals surface area contributed by atoms with E-state index in [4.69, 9.17) is 9.47 Å². The minimum Gasteiger partial charge on any atom is -0.461 e. The zero-order chi connectivity index (χ0) is 15.6. The van der Waals surface area contributed by atoms with E-state index in [0.717, 1.165) is 12.8 Å². The predicted octanol–water partition coefficient (Wildman–Crippen LogP) is 3.17. The summed E-state index contributed by atoms with van der Waals surface area (Å²) in [5.41, 5.74) is 2.40. The first-order valence-electron chi connectivity index (χ1n) is 7.59. The molecule has 0 aromatic rings. The fourth-order valence-corrected chi connectivity index (χ4v) is 3.21. The van der Waals surface area contributed by atoms with Gasteiger partial charge in [-0.2, -0.15) is 0 Å². The molecule has 0 amide bonds. The van der Waals surface area contributed by atoms with E-state index in [1.54, 1.807) is 0 Å². The lowest BCUT2D eigenvalue weighted by atomic mass is 9.82. The second-order valence-corrected chi connectivity index (χ2v) is 6.22. The summed E-state index contributed by atoms with van der Waals surface area (Å²) in [5, 5.41) is 0. The lowest BCUT2D eigenvalue weighted by molar-refractivity contribution is -0.147. The molecule has 0 saturated carbocycles. The molecule has 0 unspecified atom stereocenters. The maximum atomic E-state index is 12.0. The average Bonchev–Trinajstić information content (AvgIpc) is 2.62. The third kappa shape index (κ3) is 3.74. The van der Waals surface area contributed by atoms with Gasteiger partial charge < -0.3 is 9.47 Å². The summed E-state index contributed by atoms with van der Waals surface area (Å²) < 4.78 is 11.0. The van der Waals surface area contributed by atoms with Crippen molar-refractivity contribution in [2.75, 3.05) is 0 Å². The molecule has 21 heavy (non-hydrogen) atoms. The van der Waals surface area contributed by atoms with Crippen LogP contribution in [0.4, 0.5) is 0 Å². The van der Waals surface area contributed by atoms with Crippen LogP contribution in [-0.4, -0.2) is 24.1 Å². The standard InChI is InChI=1S/C17H24O4/c1-10-6-5-7-11(2)9-15-16(12(3)17(19)21-15)14(8-10)20-13(4)18/h7-8,12,14-16H,5-6,9H2,1-4H3/b10-8+,11-7?/t12-,14-,15-,16-/m0/s1. The highest BCUT2D eigenvalue weighted by molar-refractivity contribution is 5.75. The molecule has 1 heterocycles. The molecule has 1 saturated heterocycles. The Morgan fingerprint density at radius 3 is 2.71 bits per heavy atom. The van der Waals surface area contributed by atoms with Crippen molar-refractivity contribution in [3.63, 3.8) is 0 Å². The summed E-state index contributed by atoms with van der Waals surface area (Å²) in [5.74, 6) is -0.882. The third-order valence-corrected chi connectivity index (χ3v) is 4.33. The van der Waals surface area contributed by atoms with Crippen molar-refractivity contribution in [3.05, 3.63) is 23.3 Å². The van der Waals surface area contributed by atoms with Gasteiger partial charge >= 0.3 is 11.9 Å². The molecular weight excluding hydrogens is 268 g/mol. The van der Waals surface area contributed by atoms with Crippen molar-refractivity contribution in [2.24, 2.45) is 11.8 Å². The van der Waals surface area contributed by atoms with Crippen molar-refractivity contribution in [1.29, 1.82) is 0 Å². The molecule has 0 aromatic heterocycles. The monoisotopic (exact) mass is 292 g/mol. The van der Waals surface area contributed by atoms with E-state index in [1.807, 2.05) is 19.9 Å². The molecule has 0 N–H and O–H groups in total. The summed E-state index contributed by atoms with van der Waals surface area (Å²) in [6, 6.07) is 0. The molecule has 4 nitrogen and oxygen atoms in total. The fraction of sp³-hybridized carbons (Fsp3) is 0.647. The summed E-state index contributed by atoms with van der Waals surface area (Å²) in [7, 11) is 0. The molecular formula is C17H24O4. The van der Waals surface area contributed by atoms with Crippen LogP contribution in [0, 0.1) is 11.8 Å². The number of carbonyl (C=O) groups is 2. The number of esters is 2. The Labute approximate surface area is 126 Å². The molecule has 1 aliphatic carbocycles. The first kappa shape index (κ1) is 15.8. The molecule has 1 aliphatic heterocycles. The van der Waals surface area contributed by atoms with Crippen LogP contribution in [0.15, 0.2) is 23.3 Å². The third-order valence-electron chi connectivity index (χ3n) is 4.33. The Morgan fingerprint density at radius 2 is 2.05 bits per heavy atom. The smallest absolute Gasteiger partial charge is 0.309 e. The Kier molecular flexibility index (Phi) is 4.86. The van der Waals surface area contributed by atoms with Gasteiger partial charge in [-0.15, -0.1) is 0 Å². The molecule has 1 fully saturated rings. The van der Waals surface area contributed by atoms with Gasteiger partial charge in [-0.05, 0) is 32.8 Å². The molecule has 4 atom stereocenters. The molecule has 0 aromatic carbocycles. The SMILES string of the molecule is CC(=O)O[C@H]1/C=C(\C)CCC=C(C)C[C@@H]2OC(=O)[C@@H](C)[C@@H]12. The lowest BCUT2D eigenvalue weighted by Gasteiger charge is -2.27. The van der Waals surface area contributed by atoms with Gasteiger partial charge in [0, 0.05) is 13.3 Å². The van der Waals surface area contributed by atoms with Gasteiger partial charge in [0.1, 0.15) is 12.2 Å². The Morgan fingerprint density at radius 1 is 1.33 bits per heavy atom. The van der Waals surface area contributed by atoms with E-state index in [2.05, 4.69) is 13.0 Å². The van der Waals surface area contributed by atoms with Gasteiger partial charge in [-0.3, -0.25) is 9.59 Å². The number of fused-ring (bicyclic) bond motifs is 1. The molecule has 116 valence electrons. The van der Waals surface area contributed by atoms with Crippen molar-refractivity contribution in [1.82, 2.24) is 0 Å². The highest BCUT2D eigenvalue weighted by Gasteiger charge is 2.46. The second kappa shape index (κ2) is 6.46. The first-order chi connectivity index (χ1) is 9.88. The van der Waals surface area contributed by atoms with Crippen LogP contribution in [0.25, 0.3) is 0 Å². The quantitative estimate of drug-likeness (QED) is 0.550. The minimum atomic E-state index is -0.389. The number of ether oxygens (including phenoxy) is 2. The zero-order valence-corrected chi connectivity index (χ0v) is 13.2. The molecule has 2 aliphatic rings. The summed E-state index contributed by atoms with van der Waals surface area (Å²) in [6.45, 7) is 7.37. The van der Waals surface area contributed by atoms with Crippen molar-refractivity contribution >= 4 is 11.9 Å². The number of hydrogen-bond donors (Lipinski definition) is 0. The lowest BCUT2D eigenvalue weighted by Crippen LogP contribution is -2.34. The Hall–Kier alpha value is -1.58. The summed E-state index contributed by atoms with van der Waals surface area (Å²) in [4.78, 5) is 23.4. The van der Waals surface area contributed by atoms with Crippen LogP contribution in [0.5, 0.6) is 0 Å². The fourth-order valence-electron chi connectivity index (χ4n) is 3.21. The summed E-state index contributed by atoms with van der Waals surface area (Å²) in [6.07, 6.45) is 6.21. The largest absolute Gasteiger partial charge is 0.461 e. The van der Waals surface area contributed by atoms with Gasteiger partial charge in [-0.25, -0.2) is 0 Å². The minimum absolute atomic E-state index is 0.113. The van der Waals surface area contributed by atoms with Crippen LogP contribution in [0.2, 0.25) is 0 Å². The number of rotatable bonds is 1. The Balaban J connectivity index is 2.36. The predicted molar refractivity (Wildman–Crippen MR) is 79.5 cm³/mol. The van der Waals surface area contributed by atoms with E-state index in [9.17, 15) is 9.59 Å². The number of hydrogen-bond acceptors (Lipinski definition) is 4. The van der Waals surface area contributed by atoms with E-state index in [1.165, 1.54) is 18.1 Å². The van der Waals surface area contributed by atoms with Crippen LogP contribution >= 0.6 is 0 Å². The van der Waals surface area contributed by atoms with Crippen LogP contribution in [0.3, 0.4) is 0 Å². The first-order valence-corrected chi connectivity index (χ1v) is 7.59. The summed E-state index contributed by atoms with van der Waals surface area (Å²) >= 11 is 0. The van der Waals surface area contributed by atoms with Gasteiger partial charge in [0.05, 0.1) is 11.8 Å². The second-order valence-electron chi connectivity index (χ2n) is 6.22. The van der Waals surface area contributed by atoms with Gasteiger partial charge in [0.25, 0.3) is 0 Å². The maximum absolute atomic E-state index is 12.0. The normalized spacial score (nSPS) is 35.9. The van der Waals surface area contributed by atoms with Crippen LogP contribution in [-0.2, 0) is 19.1 Å². The maximum Gasteiger partial charge on any atom is 0.309 e. The molecule has 0 radical (unpaired) electrons. The van der Waals surface area contributed by atoms with Gasteiger partial charge in [0.15, 0.2) is 0 Å². The molecule has 0 bridgehead atoms. The zero-order valence-electron chi connectivity index (χ0n) is 13.2. The van der Waals surface area contributed by atoms with Crippen LogP contribution < -0.4 is 0 Å². The van der Waals surface area contributed by atoms with Crippen LogP contribution in [0.1, 0.15) is 47.0 Å². The van der Waals surface area contributed by atoms with Crippen molar-refractivity contribution in [2.45, 2.75) is 59.2 Å². The highest BCUT2D eigenvalue weighted by atomic mass is 16.6. The number of allylic oxidation sites excluding steroid dienone is 2. The van der Waals surface area contributed by atoms with Gasteiger partial charge in [0.2, 0.25) is 0 Å². The number of carbonyl (C=O) groups excluding carboxylic acids is 2. The molecule has 2 rings (SSSR count). The van der Waals surface area contributed by atoms with Gasteiger partial charge in [-0.1, -0.05) is 24.1 Å². The van der Waals surface area contributed by atoms with E-state index in [0.29, 0.717) is 6.42 Å². The Bertz CT molecular complexity index is 489. The highest BCUT2D eigenvalue weighted by Crippen LogP contribution is 2.37. The van der Waals surface area contributed by atoms with Crippen molar-refractivity contribution < 1.29 is 19.1 Å². The van der Waals surface area contributed by atoms with Crippen molar-refractivity contribution in [3.8, 4) is 0 Å². The molecule has 0 spiro atoms. The average molecular weight is 292 g/mol. The van der Waals surface area contributed by atoms with E-state index in [-0.39, 0.29) is 36.0 Å². The van der Waals surface area contributed by atoms with E-state index >= 15 is 0 Å². The molecule has 4 heteroatoms.